The number of tetrazole rings is 1. The number of nitrogens with one attached hydrogen (secondary N) is 1. The predicted octanol–water partition coefficient (Wildman–Crippen LogP) is 2.61. The molecule has 3 aromatic heterocycles. The van der Waals surface area contributed by atoms with E-state index in [0.717, 1.165) is 16.8 Å². The summed E-state index contributed by atoms with van der Waals surface area (Å²) >= 11 is 1.36. The molecule has 0 fully saturated rings. The molecule has 1 N–H and O–H groups in total. The maximum Gasteiger partial charge on any atom is 0.251 e. The molecule has 0 unspecified atom stereocenters. The molecule has 0 radical (unpaired) electrons. The van der Waals surface area contributed by atoms with Gasteiger partial charge in [0.1, 0.15) is 12.4 Å². The lowest BCUT2D eigenvalue weighted by Crippen LogP contribution is -2.28. The fraction of sp³-hybridized carbons (Fsp3) is 0.111. The smallest absolute Gasteiger partial charge is 0.251 e. The molecule has 0 bridgehead atoms. The first kappa shape index (κ1) is 17.0. The van der Waals surface area contributed by atoms with Gasteiger partial charge in [0.05, 0.1) is 5.69 Å². The highest BCUT2D eigenvalue weighted by molar-refractivity contribution is 7.14. The molecule has 0 saturated heterocycles. The summed E-state index contributed by atoms with van der Waals surface area (Å²) in [6.07, 6.45) is 5.35. The first-order valence-electron chi connectivity index (χ1n) is 8.23. The molecule has 9 heteroatoms. The topological polar surface area (TPSA) is 98.5 Å². The van der Waals surface area contributed by atoms with Gasteiger partial charge in [0.15, 0.2) is 5.13 Å². The zero-order chi connectivity index (χ0) is 18.5. The largest absolute Gasteiger partial charge is 0.300 e. The van der Waals surface area contributed by atoms with Gasteiger partial charge in [0, 0.05) is 29.8 Å². The van der Waals surface area contributed by atoms with Gasteiger partial charge >= 0.3 is 0 Å². The zero-order valence-corrected chi connectivity index (χ0v) is 15.0. The maximum absolute atomic E-state index is 12.9. The highest BCUT2D eigenvalue weighted by Crippen LogP contribution is 2.25. The lowest BCUT2D eigenvalue weighted by molar-refractivity contribution is -0.119. The van der Waals surface area contributed by atoms with Crippen molar-refractivity contribution < 1.29 is 4.79 Å². The van der Waals surface area contributed by atoms with Crippen LogP contribution in [0.5, 0.6) is 0 Å². The summed E-state index contributed by atoms with van der Waals surface area (Å²) in [7, 11) is 0. The molecule has 1 aromatic carbocycles. The Balaban J connectivity index is 1.53. The summed E-state index contributed by atoms with van der Waals surface area (Å²) in [4.78, 5) is 21.5. The van der Waals surface area contributed by atoms with Crippen LogP contribution in [0.4, 0.5) is 5.13 Å². The molecule has 0 aliphatic rings. The molecule has 0 spiro atoms. The summed E-state index contributed by atoms with van der Waals surface area (Å²) in [5.74, 6) is -0.224. The molecule has 0 aliphatic carbocycles. The summed E-state index contributed by atoms with van der Waals surface area (Å²) < 4.78 is 1.46. The minimum absolute atomic E-state index is 0.224. The van der Waals surface area contributed by atoms with Crippen LogP contribution in [0.25, 0.3) is 11.3 Å². The monoisotopic (exact) mass is 377 g/mol. The lowest BCUT2D eigenvalue weighted by atomic mass is 10.1. The van der Waals surface area contributed by atoms with E-state index in [2.05, 4.69) is 30.8 Å². The zero-order valence-electron chi connectivity index (χ0n) is 14.1. The molecule has 4 rings (SSSR count). The fourth-order valence-electron chi connectivity index (χ4n) is 2.62. The first-order valence-corrected chi connectivity index (χ1v) is 9.11. The average Bonchev–Trinajstić information content (AvgIpc) is 3.40. The molecule has 4 aromatic rings. The van der Waals surface area contributed by atoms with Gasteiger partial charge in [0.2, 0.25) is 0 Å². The van der Waals surface area contributed by atoms with Gasteiger partial charge in [-0.1, -0.05) is 30.3 Å². The molecule has 0 saturated carbocycles. The van der Waals surface area contributed by atoms with E-state index in [1.165, 1.54) is 22.3 Å². The Hall–Kier alpha value is -3.46. The van der Waals surface area contributed by atoms with Crippen molar-refractivity contribution in [3.8, 4) is 11.3 Å². The normalized spacial score (nSPS) is 11.9. The minimum Gasteiger partial charge on any atom is -0.300 e. The number of hydrogen-bond donors (Lipinski definition) is 1. The SMILES string of the molecule is O=C(Nc1nc(-c2cccnc2)cs1)[C@@H](Cc1ccccc1)n1cnnn1. The van der Waals surface area contributed by atoms with Crippen LogP contribution < -0.4 is 5.32 Å². The van der Waals surface area contributed by atoms with Crippen LogP contribution in [0.15, 0.2) is 66.6 Å². The number of thiazole rings is 1. The molecule has 0 aliphatic heterocycles. The van der Waals surface area contributed by atoms with Crippen molar-refractivity contribution in [3.63, 3.8) is 0 Å². The number of aromatic nitrogens is 6. The van der Waals surface area contributed by atoms with Gasteiger partial charge in [-0.15, -0.1) is 16.4 Å². The van der Waals surface area contributed by atoms with Gasteiger partial charge in [-0.3, -0.25) is 9.78 Å². The van der Waals surface area contributed by atoms with Crippen molar-refractivity contribution in [2.45, 2.75) is 12.5 Å². The number of amides is 1. The molecule has 1 amide bonds. The molecular weight excluding hydrogens is 362 g/mol. The number of carbonyl (C=O) groups is 1. The highest BCUT2D eigenvalue weighted by atomic mass is 32.1. The Bertz CT molecular complexity index is 1000. The molecule has 134 valence electrons. The Morgan fingerprint density at radius 2 is 2.07 bits per heavy atom. The molecule has 3 heterocycles. The summed E-state index contributed by atoms with van der Waals surface area (Å²) in [5, 5.41) is 16.5. The second-order valence-electron chi connectivity index (χ2n) is 5.76. The third kappa shape index (κ3) is 4.04. The number of rotatable bonds is 6. The number of benzene rings is 1. The van der Waals surface area contributed by atoms with Gasteiger partial charge in [-0.05, 0) is 28.1 Å². The fourth-order valence-corrected chi connectivity index (χ4v) is 3.34. The van der Waals surface area contributed by atoms with E-state index < -0.39 is 6.04 Å². The Morgan fingerprint density at radius 3 is 2.81 bits per heavy atom. The second-order valence-corrected chi connectivity index (χ2v) is 6.62. The van der Waals surface area contributed by atoms with Crippen molar-refractivity contribution in [1.29, 1.82) is 0 Å². The predicted molar refractivity (Wildman–Crippen MR) is 101 cm³/mol. The molecular formula is C18H15N7OS. The lowest BCUT2D eigenvalue weighted by Gasteiger charge is -2.15. The van der Waals surface area contributed by atoms with E-state index in [-0.39, 0.29) is 5.91 Å². The van der Waals surface area contributed by atoms with Gasteiger partial charge in [-0.25, -0.2) is 9.67 Å². The molecule has 27 heavy (non-hydrogen) atoms. The van der Waals surface area contributed by atoms with Crippen LogP contribution in [-0.2, 0) is 11.2 Å². The van der Waals surface area contributed by atoms with Crippen LogP contribution in [0, 0.1) is 0 Å². The number of pyridine rings is 1. The van der Waals surface area contributed by atoms with E-state index >= 15 is 0 Å². The number of nitrogens with zero attached hydrogens (tertiary/aromatic N) is 6. The van der Waals surface area contributed by atoms with Crippen molar-refractivity contribution in [2.24, 2.45) is 0 Å². The summed E-state index contributed by atoms with van der Waals surface area (Å²) in [6, 6.07) is 12.9. The Kier molecular flexibility index (Phi) is 4.93. The van der Waals surface area contributed by atoms with E-state index in [1.807, 2.05) is 47.8 Å². The third-order valence-corrected chi connectivity index (χ3v) is 4.71. The average molecular weight is 377 g/mol. The van der Waals surface area contributed by atoms with Crippen LogP contribution in [0.2, 0.25) is 0 Å². The van der Waals surface area contributed by atoms with Crippen molar-refractivity contribution >= 4 is 22.4 Å². The molecule has 1 atom stereocenters. The van der Waals surface area contributed by atoms with Gasteiger partial charge < -0.3 is 5.32 Å². The highest BCUT2D eigenvalue weighted by Gasteiger charge is 2.23. The van der Waals surface area contributed by atoms with Gasteiger partial charge in [-0.2, -0.15) is 0 Å². The maximum atomic E-state index is 12.9. The van der Waals surface area contributed by atoms with Crippen LogP contribution in [-0.4, -0.2) is 36.1 Å². The first-order chi connectivity index (χ1) is 13.3. The van der Waals surface area contributed by atoms with Crippen molar-refractivity contribution in [3.05, 3.63) is 72.1 Å². The Morgan fingerprint density at radius 1 is 1.19 bits per heavy atom. The standard InChI is InChI=1S/C18H15N7OS/c26-17(22-18-21-15(11-27-18)14-7-4-8-19-10-14)16(25-12-20-23-24-25)9-13-5-2-1-3-6-13/h1-8,10-12,16H,9H2,(H,21,22,26)/t16-/m1/s1. The number of hydrogen-bond acceptors (Lipinski definition) is 7. The van der Waals surface area contributed by atoms with Crippen LogP contribution in [0.3, 0.4) is 0 Å². The summed E-state index contributed by atoms with van der Waals surface area (Å²) in [5.41, 5.74) is 2.68. The van der Waals surface area contributed by atoms with Gasteiger partial charge in [0.25, 0.3) is 5.91 Å². The molecule has 8 nitrogen and oxygen atoms in total. The van der Waals surface area contributed by atoms with E-state index in [9.17, 15) is 4.79 Å². The summed E-state index contributed by atoms with van der Waals surface area (Å²) in [6.45, 7) is 0. The Labute approximate surface area is 158 Å². The van der Waals surface area contributed by atoms with Crippen molar-refractivity contribution in [1.82, 2.24) is 30.2 Å². The third-order valence-electron chi connectivity index (χ3n) is 3.95. The van der Waals surface area contributed by atoms with E-state index in [1.54, 1.807) is 12.4 Å². The van der Waals surface area contributed by atoms with E-state index in [0.29, 0.717) is 11.6 Å². The van der Waals surface area contributed by atoms with E-state index in [4.69, 9.17) is 0 Å². The van der Waals surface area contributed by atoms with Crippen LogP contribution >= 0.6 is 11.3 Å². The minimum atomic E-state index is -0.576. The number of anilines is 1. The van der Waals surface area contributed by atoms with Crippen molar-refractivity contribution in [2.75, 3.05) is 5.32 Å². The second kappa shape index (κ2) is 7.83. The quantitative estimate of drug-likeness (QED) is 0.555. The number of carbonyl (C=O) groups excluding carboxylic acids is 1. The van der Waals surface area contributed by atoms with Crippen LogP contribution in [0.1, 0.15) is 11.6 Å².